The van der Waals surface area contributed by atoms with Crippen LogP contribution in [-0.2, 0) is 14.8 Å². The van der Waals surface area contributed by atoms with Crippen LogP contribution in [0.3, 0.4) is 0 Å². The van der Waals surface area contributed by atoms with Gasteiger partial charge in [0.25, 0.3) is 0 Å². The lowest BCUT2D eigenvalue weighted by Crippen LogP contribution is -2.30. The highest BCUT2D eigenvalue weighted by Crippen LogP contribution is 2.34. The minimum Gasteiger partial charge on any atom is -0.284 e. The molecule has 0 spiro atoms. The number of carbonyl (C=O) groups is 1. The van der Waals surface area contributed by atoms with E-state index >= 15 is 0 Å². The normalized spacial score (nSPS) is 17.0. The zero-order valence-electron chi connectivity index (χ0n) is 16.5. The molecule has 0 aliphatic carbocycles. The zero-order chi connectivity index (χ0) is 20.5. The van der Waals surface area contributed by atoms with E-state index in [-0.39, 0.29) is 17.9 Å². The number of anilines is 1. The van der Waals surface area contributed by atoms with Crippen molar-refractivity contribution in [1.29, 1.82) is 0 Å². The lowest BCUT2D eigenvalue weighted by molar-refractivity contribution is -0.136. The number of carbonyl (C=O) groups excluding carboxylic acids is 1. The number of nitrogens with zero attached hydrogens (tertiary/aromatic N) is 2. The number of nitrogens with one attached hydrogen (secondary N) is 1. The summed E-state index contributed by atoms with van der Waals surface area (Å²) in [7, 11) is -3.37. The monoisotopic (exact) mass is 399 g/mol. The number of hydrazone groups is 1. The molecule has 0 saturated carbocycles. The third-order valence-corrected chi connectivity index (χ3v) is 5.20. The van der Waals surface area contributed by atoms with E-state index in [4.69, 9.17) is 0 Å². The van der Waals surface area contributed by atoms with Gasteiger partial charge in [-0.15, -0.1) is 0 Å². The van der Waals surface area contributed by atoms with Crippen molar-refractivity contribution in [3.05, 3.63) is 65.2 Å². The predicted molar refractivity (Wildman–Crippen MR) is 112 cm³/mol. The van der Waals surface area contributed by atoms with Gasteiger partial charge in [-0.25, -0.2) is 13.4 Å². The lowest BCUT2D eigenvalue weighted by Gasteiger charge is -2.23. The standard InChI is InChI=1S/C21H25N3O3S/c1-14(2)21(25)24-20(16-10-8-15(3)9-11-16)13-19(22-24)17-6-5-7-18(12-17)23-28(4,26)27/h5-12,14,20,23H,13H2,1-4H3. The molecule has 148 valence electrons. The Kier molecular flexibility index (Phi) is 5.56. The lowest BCUT2D eigenvalue weighted by atomic mass is 9.97. The van der Waals surface area contributed by atoms with Gasteiger partial charge in [0.15, 0.2) is 0 Å². The molecule has 3 rings (SSSR count). The Labute approximate surface area is 166 Å². The molecule has 0 saturated heterocycles. The van der Waals surface area contributed by atoms with Gasteiger partial charge in [-0.3, -0.25) is 9.52 Å². The van der Waals surface area contributed by atoms with Crippen LogP contribution in [0.25, 0.3) is 0 Å². The number of rotatable bonds is 5. The average molecular weight is 400 g/mol. The van der Waals surface area contributed by atoms with E-state index in [1.54, 1.807) is 23.2 Å². The largest absolute Gasteiger partial charge is 0.284 e. The van der Waals surface area contributed by atoms with E-state index in [1.807, 2.05) is 51.1 Å². The quantitative estimate of drug-likeness (QED) is 0.833. The summed E-state index contributed by atoms with van der Waals surface area (Å²) in [5, 5.41) is 6.19. The van der Waals surface area contributed by atoms with Crippen LogP contribution in [0.15, 0.2) is 53.6 Å². The number of benzene rings is 2. The second-order valence-electron chi connectivity index (χ2n) is 7.47. The van der Waals surface area contributed by atoms with Crippen molar-refractivity contribution in [3.63, 3.8) is 0 Å². The maximum Gasteiger partial charge on any atom is 0.245 e. The summed E-state index contributed by atoms with van der Waals surface area (Å²) in [4.78, 5) is 12.8. The Bertz CT molecular complexity index is 1010. The van der Waals surface area contributed by atoms with Crippen LogP contribution < -0.4 is 4.72 Å². The van der Waals surface area contributed by atoms with Crippen molar-refractivity contribution in [1.82, 2.24) is 5.01 Å². The zero-order valence-corrected chi connectivity index (χ0v) is 17.3. The first kappa shape index (κ1) is 20.1. The summed E-state index contributed by atoms with van der Waals surface area (Å²) in [5.74, 6) is -0.208. The summed E-state index contributed by atoms with van der Waals surface area (Å²) in [5.41, 5.74) is 4.22. The van der Waals surface area contributed by atoms with Gasteiger partial charge in [0, 0.05) is 18.0 Å². The van der Waals surface area contributed by atoms with Gasteiger partial charge in [0.2, 0.25) is 15.9 Å². The molecule has 6 nitrogen and oxygen atoms in total. The summed E-state index contributed by atoms with van der Waals surface area (Å²) < 4.78 is 25.5. The molecule has 1 aliphatic heterocycles. The maximum atomic E-state index is 12.8. The third-order valence-electron chi connectivity index (χ3n) is 4.59. The maximum absolute atomic E-state index is 12.8. The Morgan fingerprint density at radius 3 is 2.46 bits per heavy atom. The Morgan fingerprint density at radius 2 is 1.86 bits per heavy atom. The topological polar surface area (TPSA) is 78.8 Å². The van der Waals surface area contributed by atoms with Crippen molar-refractivity contribution in [3.8, 4) is 0 Å². The van der Waals surface area contributed by atoms with Crippen LogP contribution in [0, 0.1) is 12.8 Å². The van der Waals surface area contributed by atoms with E-state index < -0.39 is 10.0 Å². The molecule has 1 N–H and O–H groups in total. The number of aryl methyl sites for hydroxylation is 1. The van der Waals surface area contributed by atoms with Gasteiger partial charge in [0.05, 0.1) is 18.0 Å². The molecular weight excluding hydrogens is 374 g/mol. The first-order valence-electron chi connectivity index (χ1n) is 9.19. The molecule has 1 amide bonds. The Balaban J connectivity index is 1.96. The van der Waals surface area contributed by atoms with E-state index in [1.165, 1.54) is 0 Å². The molecule has 1 heterocycles. The highest BCUT2D eigenvalue weighted by atomic mass is 32.2. The second-order valence-corrected chi connectivity index (χ2v) is 9.22. The van der Waals surface area contributed by atoms with Crippen LogP contribution >= 0.6 is 0 Å². The first-order valence-corrected chi connectivity index (χ1v) is 11.1. The molecular formula is C21H25N3O3S. The second kappa shape index (κ2) is 7.75. The molecule has 0 fully saturated rings. The Morgan fingerprint density at radius 1 is 1.18 bits per heavy atom. The van der Waals surface area contributed by atoms with Crippen molar-refractivity contribution >= 4 is 27.3 Å². The molecule has 7 heteroatoms. The molecule has 0 bridgehead atoms. The summed E-state index contributed by atoms with van der Waals surface area (Å²) >= 11 is 0. The van der Waals surface area contributed by atoms with E-state index in [2.05, 4.69) is 9.82 Å². The molecule has 1 unspecified atom stereocenters. The SMILES string of the molecule is Cc1ccc(C2CC(c3cccc(NS(C)(=O)=O)c3)=NN2C(=O)C(C)C)cc1. The molecule has 2 aromatic carbocycles. The average Bonchev–Trinajstić information content (AvgIpc) is 3.05. The molecule has 1 aliphatic rings. The summed E-state index contributed by atoms with van der Waals surface area (Å²) in [6, 6.07) is 15.0. The van der Waals surface area contributed by atoms with Crippen LogP contribution in [0.1, 0.15) is 43.0 Å². The van der Waals surface area contributed by atoms with Gasteiger partial charge >= 0.3 is 0 Å². The van der Waals surface area contributed by atoms with Crippen LogP contribution in [-0.4, -0.2) is 31.3 Å². The highest BCUT2D eigenvalue weighted by Gasteiger charge is 2.34. The number of hydrogen-bond donors (Lipinski definition) is 1. The number of hydrogen-bond acceptors (Lipinski definition) is 4. The molecule has 2 aromatic rings. The van der Waals surface area contributed by atoms with Crippen molar-refractivity contribution < 1.29 is 13.2 Å². The van der Waals surface area contributed by atoms with Gasteiger partial charge in [-0.05, 0) is 30.2 Å². The molecule has 0 radical (unpaired) electrons. The third kappa shape index (κ3) is 4.59. The van der Waals surface area contributed by atoms with E-state index in [0.717, 1.165) is 28.7 Å². The summed E-state index contributed by atoms with van der Waals surface area (Å²) in [6.45, 7) is 5.75. The predicted octanol–water partition coefficient (Wildman–Crippen LogP) is 3.70. The minimum atomic E-state index is -3.37. The van der Waals surface area contributed by atoms with E-state index in [9.17, 15) is 13.2 Å². The summed E-state index contributed by atoms with van der Waals surface area (Å²) in [6.07, 6.45) is 1.69. The van der Waals surface area contributed by atoms with Crippen LogP contribution in [0.4, 0.5) is 5.69 Å². The first-order chi connectivity index (χ1) is 13.1. The van der Waals surface area contributed by atoms with Crippen LogP contribution in [0.2, 0.25) is 0 Å². The highest BCUT2D eigenvalue weighted by molar-refractivity contribution is 7.92. The fraction of sp³-hybridized carbons (Fsp3) is 0.333. The van der Waals surface area contributed by atoms with Gasteiger partial charge in [0.1, 0.15) is 0 Å². The number of amides is 1. The van der Waals surface area contributed by atoms with Gasteiger partial charge < -0.3 is 0 Å². The fourth-order valence-corrected chi connectivity index (χ4v) is 3.73. The van der Waals surface area contributed by atoms with E-state index in [0.29, 0.717) is 12.1 Å². The van der Waals surface area contributed by atoms with Gasteiger partial charge in [-0.1, -0.05) is 55.8 Å². The van der Waals surface area contributed by atoms with Gasteiger partial charge in [-0.2, -0.15) is 5.10 Å². The molecule has 0 aromatic heterocycles. The molecule has 1 atom stereocenters. The minimum absolute atomic E-state index is 0.0361. The smallest absolute Gasteiger partial charge is 0.245 e. The number of sulfonamides is 1. The Hall–Kier alpha value is -2.67. The van der Waals surface area contributed by atoms with Crippen LogP contribution in [0.5, 0.6) is 0 Å². The fourth-order valence-electron chi connectivity index (χ4n) is 3.18. The van der Waals surface area contributed by atoms with Crippen molar-refractivity contribution in [2.45, 2.75) is 33.2 Å². The van der Waals surface area contributed by atoms with Crippen molar-refractivity contribution in [2.24, 2.45) is 11.0 Å². The van der Waals surface area contributed by atoms with Crippen molar-refractivity contribution in [2.75, 3.05) is 11.0 Å². The molecule has 28 heavy (non-hydrogen) atoms.